The highest BCUT2D eigenvalue weighted by molar-refractivity contribution is 7.09. The van der Waals surface area contributed by atoms with Gasteiger partial charge in [0.1, 0.15) is 10.8 Å². The number of hydrogen-bond donors (Lipinski definition) is 1. The minimum atomic E-state index is 0.0589. The number of phenols is 1. The second-order valence-corrected chi connectivity index (χ2v) is 10.7. The van der Waals surface area contributed by atoms with Gasteiger partial charge in [-0.05, 0) is 81.5 Å². The number of nitrogens with zero attached hydrogens (tertiary/aromatic N) is 3. The Morgan fingerprint density at radius 3 is 2.23 bits per heavy atom. The molecule has 1 aliphatic heterocycles. The number of carbonyl (C=O) groups excluding carboxylic acids is 1. The van der Waals surface area contributed by atoms with Gasteiger partial charge in [0.05, 0.1) is 6.54 Å². The van der Waals surface area contributed by atoms with Crippen LogP contribution in [0.5, 0.6) is 5.75 Å². The average molecular weight is 490 g/mol. The Bertz CT molecular complexity index is 1150. The fraction of sp³-hybridized carbons (Fsp3) is 0.379. The zero-order chi connectivity index (χ0) is 24.9. The van der Waals surface area contributed by atoms with Gasteiger partial charge in [-0.15, -0.1) is 11.3 Å². The number of rotatable bonds is 7. The molecule has 4 rings (SSSR count). The number of piperidine rings is 1. The van der Waals surface area contributed by atoms with Crippen LogP contribution in [0.25, 0.3) is 5.57 Å². The van der Waals surface area contributed by atoms with Gasteiger partial charge >= 0.3 is 0 Å². The predicted molar refractivity (Wildman–Crippen MR) is 144 cm³/mol. The number of thiazole rings is 1. The third kappa shape index (κ3) is 6.00. The number of phenolic OH excluding ortho intramolecular Hbond substituents is 1. The predicted octanol–water partition coefficient (Wildman–Crippen LogP) is 6.21. The second kappa shape index (κ2) is 11.2. The highest BCUT2D eigenvalue weighted by atomic mass is 32.1. The normalized spacial score (nSPS) is 14.5. The Balaban J connectivity index is 1.62. The van der Waals surface area contributed by atoms with Gasteiger partial charge in [0.2, 0.25) is 0 Å². The Kier molecular flexibility index (Phi) is 8.04. The summed E-state index contributed by atoms with van der Waals surface area (Å²) in [6.45, 7) is 11.1. The van der Waals surface area contributed by atoms with E-state index >= 15 is 0 Å². The molecule has 0 bridgehead atoms. The van der Waals surface area contributed by atoms with Gasteiger partial charge in [0.15, 0.2) is 0 Å². The fourth-order valence-corrected chi connectivity index (χ4v) is 5.64. The molecule has 35 heavy (non-hydrogen) atoms. The number of aromatic hydroxyl groups is 1. The molecule has 1 amide bonds. The first-order valence-corrected chi connectivity index (χ1v) is 13.3. The lowest BCUT2D eigenvalue weighted by Gasteiger charge is -2.31. The number of hydrogen-bond acceptors (Lipinski definition) is 5. The van der Waals surface area contributed by atoms with Crippen LogP contribution >= 0.6 is 11.3 Å². The Morgan fingerprint density at radius 2 is 1.66 bits per heavy atom. The van der Waals surface area contributed by atoms with Crippen LogP contribution in [0.4, 0.5) is 0 Å². The van der Waals surface area contributed by atoms with E-state index in [1.54, 1.807) is 17.4 Å². The monoisotopic (exact) mass is 489 g/mol. The average Bonchev–Trinajstić information content (AvgIpc) is 3.33. The van der Waals surface area contributed by atoms with Crippen molar-refractivity contribution in [3.8, 4) is 5.75 Å². The SMILES string of the molecule is CC(C)N(C(=O)c1ccc(C(=C2CCN(Cc3nccs3)CC2)c2cccc(O)c2)cc1)C(C)C. The Hall–Kier alpha value is -2.96. The van der Waals surface area contributed by atoms with Crippen LogP contribution in [0, 0.1) is 0 Å². The molecule has 2 aromatic carbocycles. The Labute approximate surface area is 212 Å². The van der Waals surface area contributed by atoms with E-state index in [1.807, 2.05) is 40.7 Å². The summed E-state index contributed by atoms with van der Waals surface area (Å²) in [5, 5.41) is 13.4. The minimum Gasteiger partial charge on any atom is -0.508 e. The summed E-state index contributed by atoms with van der Waals surface area (Å²) < 4.78 is 0. The zero-order valence-corrected chi connectivity index (χ0v) is 21.9. The molecule has 6 heteroatoms. The molecule has 1 fully saturated rings. The molecule has 184 valence electrons. The number of carbonyl (C=O) groups is 1. The molecule has 1 aliphatic rings. The molecular weight excluding hydrogens is 454 g/mol. The molecule has 0 spiro atoms. The van der Waals surface area contributed by atoms with Gasteiger partial charge < -0.3 is 10.0 Å². The van der Waals surface area contributed by atoms with Crippen LogP contribution in [0.1, 0.15) is 67.0 Å². The van der Waals surface area contributed by atoms with Crippen LogP contribution in [0.2, 0.25) is 0 Å². The first kappa shape index (κ1) is 25.1. The molecule has 0 aliphatic carbocycles. The highest BCUT2D eigenvalue weighted by Gasteiger charge is 2.23. The van der Waals surface area contributed by atoms with E-state index in [4.69, 9.17) is 0 Å². The molecule has 0 atom stereocenters. The van der Waals surface area contributed by atoms with Crippen molar-refractivity contribution < 1.29 is 9.90 Å². The van der Waals surface area contributed by atoms with Gasteiger partial charge in [-0.25, -0.2) is 4.98 Å². The van der Waals surface area contributed by atoms with Crippen molar-refractivity contribution in [2.45, 2.75) is 59.2 Å². The van der Waals surface area contributed by atoms with Gasteiger partial charge in [-0.2, -0.15) is 0 Å². The number of amides is 1. The van der Waals surface area contributed by atoms with Crippen molar-refractivity contribution in [3.63, 3.8) is 0 Å². The van der Waals surface area contributed by atoms with Crippen molar-refractivity contribution in [1.29, 1.82) is 0 Å². The smallest absolute Gasteiger partial charge is 0.254 e. The summed E-state index contributed by atoms with van der Waals surface area (Å²) >= 11 is 1.70. The standard InChI is InChI=1S/C29H35N3O2S/c1-20(2)32(21(3)4)29(34)24-10-8-22(9-11-24)28(25-6-5-7-26(33)18-25)23-12-15-31(16-13-23)19-27-30-14-17-35-27/h5-11,14,17-18,20-21,33H,12-13,15-16,19H2,1-4H3. The first-order valence-electron chi connectivity index (χ1n) is 12.4. The minimum absolute atomic E-state index is 0.0589. The molecule has 1 aromatic heterocycles. The van der Waals surface area contributed by atoms with Crippen molar-refractivity contribution in [2.24, 2.45) is 0 Å². The molecule has 0 unspecified atom stereocenters. The molecular formula is C29H35N3O2S. The maximum absolute atomic E-state index is 13.2. The van der Waals surface area contributed by atoms with Gasteiger partial charge in [-0.3, -0.25) is 9.69 Å². The van der Waals surface area contributed by atoms with E-state index in [0.717, 1.165) is 48.6 Å². The molecule has 5 nitrogen and oxygen atoms in total. The maximum Gasteiger partial charge on any atom is 0.254 e. The molecule has 1 N–H and O–H groups in total. The molecule has 1 saturated heterocycles. The third-order valence-electron chi connectivity index (χ3n) is 6.56. The van der Waals surface area contributed by atoms with Crippen LogP contribution in [-0.2, 0) is 6.54 Å². The summed E-state index contributed by atoms with van der Waals surface area (Å²) in [5.41, 5.74) is 5.35. The molecule has 0 radical (unpaired) electrons. The number of likely N-dealkylation sites (tertiary alicyclic amines) is 1. The van der Waals surface area contributed by atoms with E-state index in [-0.39, 0.29) is 23.7 Å². The van der Waals surface area contributed by atoms with Crippen molar-refractivity contribution in [3.05, 3.63) is 87.4 Å². The van der Waals surface area contributed by atoms with E-state index in [1.165, 1.54) is 11.1 Å². The second-order valence-electron chi connectivity index (χ2n) is 9.71. The first-order chi connectivity index (χ1) is 16.8. The largest absolute Gasteiger partial charge is 0.508 e. The van der Waals surface area contributed by atoms with E-state index < -0.39 is 0 Å². The lowest BCUT2D eigenvalue weighted by molar-refractivity contribution is 0.0643. The maximum atomic E-state index is 13.2. The zero-order valence-electron chi connectivity index (χ0n) is 21.1. The fourth-order valence-electron chi connectivity index (χ4n) is 4.98. The van der Waals surface area contributed by atoms with Crippen molar-refractivity contribution in [1.82, 2.24) is 14.8 Å². The van der Waals surface area contributed by atoms with Gasteiger partial charge in [0.25, 0.3) is 5.91 Å². The van der Waals surface area contributed by atoms with E-state index in [9.17, 15) is 9.90 Å². The number of benzene rings is 2. The molecule has 0 saturated carbocycles. The lowest BCUT2D eigenvalue weighted by Crippen LogP contribution is -2.42. The van der Waals surface area contributed by atoms with Gasteiger partial charge in [-0.1, -0.05) is 29.8 Å². The Morgan fingerprint density at radius 1 is 1.00 bits per heavy atom. The van der Waals surface area contributed by atoms with Gasteiger partial charge in [0, 0.05) is 42.3 Å². The third-order valence-corrected chi connectivity index (χ3v) is 7.32. The lowest BCUT2D eigenvalue weighted by atomic mass is 9.88. The van der Waals surface area contributed by atoms with Crippen LogP contribution in [-0.4, -0.2) is 51.0 Å². The summed E-state index contributed by atoms with van der Waals surface area (Å²) in [4.78, 5) is 22.0. The molecule has 2 heterocycles. The summed E-state index contributed by atoms with van der Waals surface area (Å²) in [6.07, 6.45) is 3.79. The van der Waals surface area contributed by atoms with Crippen molar-refractivity contribution >= 4 is 22.8 Å². The van der Waals surface area contributed by atoms with E-state index in [2.05, 4.69) is 55.8 Å². The van der Waals surface area contributed by atoms with E-state index in [0.29, 0.717) is 5.56 Å². The summed E-state index contributed by atoms with van der Waals surface area (Å²) in [7, 11) is 0. The summed E-state index contributed by atoms with van der Waals surface area (Å²) in [5.74, 6) is 0.321. The highest BCUT2D eigenvalue weighted by Crippen LogP contribution is 2.34. The molecule has 3 aromatic rings. The summed E-state index contributed by atoms with van der Waals surface area (Å²) in [6, 6.07) is 15.8. The topological polar surface area (TPSA) is 56.7 Å². The van der Waals surface area contributed by atoms with Crippen molar-refractivity contribution in [2.75, 3.05) is 13.1 Å². The quantitative estimate of drug-likeness (QED) is 0.429. The van der Waals surface area contributed by atoms with Crippen LogP contribution in [0.15, 0.2) is 65.7 Å². The number of aromatic nitrogens is 1. The van der Waals surface area contributed by atoms with Crippen LogP contribution in [0.3, 0.4) is 0 Å². The van der Waals surface area contributed by atoms with Crippen LogP contribution < -0.4 is 0 Å².